The number of aryl methyl sites for hydroxylation is 1. The van der Waals surface area contributed by atoms with Gasteiger partial charge >= 0.3 is 5.97 Å². The topological polar surface area (TPSA) is 71.5 Å². The van der Waals surface area contributed by atoms with Crippen LogP contribution in [0.4, 0.5) is 4.39 Å². The molecule has 5 nitrogen and oxygen atoms in total. The molecule has 0 saturated carbocycles. The van der Waals surface area contributed by atoms with Gasteiger partial charge in [0.1, 0.15) is 12.3 Å². The smallest absolute Gasteiger partial charge is 0.355 e. The molecule has 2 N–H and O–H groups in total. The maximum absolute atomic E-state index is 13.6. The molecular weight excluding hydrogens is 301 g/mol. The molecule has 23 heavy (non-hydrogen) atoms. The molecule has 124 valence electrons. The molecule has 6 heteroatoms. The first-order chi connectivity index (χ1) is 10.8. The van der Waals surface area contributed by atoms with Gasteiger partial charge in [-0.25, -0.2) is 9.18 Å². The van der Waals surface area contributed by atoms with E-state index in [1.54, 1.807) is 26.8 Å². The van der Waals surface area contributed by atoms with Gasteiger partial charge in [-0.1, -0.05) is 6.07 Å². The van der Waals surface area contributed by atoms with Gasteiger partial charge in [0.2, 0.25) is 0 Å². The number of H-pyrrole nitrogens is 1. The molecule has 0 aliphatic carbocycles. The lowest BCUT2D eigenvalue weighted by Crippen LogP contribution is -2.08. The number of aromatic amines is 1. The largest absolute Gasteiger partial charge is 0.494 e. The Morgan fingerprint density at radius 1 is 1.39 bits per heavy atom. The van der Waals surface area contributed by atoms with Crippen LogP contribution >= 0.6 is 0 Å². The van der Waals surface area contributed by atoms with E-state index in [0.717, 1.165) is 5.69 Å². The SMILES string of the molecule is COc1ccc(COC(=O)c2[nH]c(C)c([C@H](C)O)c2C)cc1F. The molecule has 0 saturated heterocycles. The number of aliphatic hydroxyl groups is 1. The number of esters is 1. The zero-order chi connectivity index (χ0) is 17.1. The van der Waals surface area contributed by atoms with Gasteiger partial charge in [0, 0.05) is 11.3 Å². The molecule has 0 aliphatic rings. The van der Waals surface area contributed by atoms with E-state index in [9.17, 15) is 14.3 Å². The minimum atomic E-state index is -0.677. The van der Waals surface area contributed by atoms with Crippen LogP contribution in [-0.2, 0) is 11.3 Å². The molecule has 1 aromatic carbocycles. The van der Waals surface area contributed by atoms with Crippen molar-refractivity contribution >= 4 is 5.97 Å². The fourth-order valence-corrected chi connectivity index (χ4v) is 2.62. The molecular formula is C17H20FNO4. The Bertz CT molecular complexity index is 722. The fraction of sp³-hybridized carbons (Fsp3) is 0.353. The number of halogens is 1. The summed E-state index contributed by atoms with van der Waals surface area (Å²) in [7, 11) is 1.38. The standard InChI is InChI=1S/C17H20FNO4/c1-9-15(11(3)20)10(2)19-16(9)17(21)23-8-12-5-6-14(22-4)13(18)7-12/h5-7,11,19-20H,8H2,1-4H3/t11-/m0/s1. The van der Waals surface area contributed by atoms with Crippen molar-refractivity contribution in [3.05, 3.63) is 52.1 Å². The molecule has 0 unspecified atom stereocenters. The van der Waals surface area contributed by atoms with Crippen LogP contribution in [-0.4, -0.2) is 23.2 Å². The predicted molar refractivity (Wildman–Crippen MR) is 83.0 cm³/mol. The van der Waals surface area contributed by atoms with Crippen LogP contribution in [0.25, 0.3) is 0 Å². The zero-order valence-corrected chi connectivity index (χ0v) is 13.6. The lowest BCUT2D eigenvalue weighted by molar-refractivity contribution is 0.0465. The van der Waals surface area contributed by atoms with Crippen molar-refractivity contribution in [2.45, 2.75) is 33.5 Å². The molecule has 2 rings (SSSR count). The van der Waals surface area contributed by atoms with Gasteiger partial charge < -0.3 is 19.6 Å². The highest BCUT2D eigenvalue weighted by atomic mass is 19.1. The van der Waals surface area contributed by atoms with Crippen molar-refractivity contribution < 1.29 is 23.8 Å². The van der Waals surface area contributed by atoms with Crippen molar-refractivity contribution in [3.8, 4) is 5.75 Å². The van der Waals surface area contributed by atoms with Crippen molar-refractivity contribution in [1.82, 2.24) is 4.98 Å². The lowest BCUT2D eigenvalue weighted by Gasteiger charge is -2.07. The monoisotopic (exact) mass is 321 g/mol. The second-order valence-corrected chi connectivity index (χ2v) is 5.38. The van der Waals surface area contributed by atoms with Gasteiger partial charge in [0.15, 0.2) is 11.6 Å². The summed E-state index contributed by atoms with van der Waals surface area (Å²) >= 11 is 0. The van der Waals surface area contributed by atoms with Crippen LogP contribution in [0.3, 0.4) is 0 Å². The summed E-state index contributed by atoms with van der Waals surface area (Å²) in [5.74, 6) is -0.921. The number of hydrogen-bond acceptors (Lipinski definition) is 4. The lowest BCUT2D eigenvalue weighted by atomic mass is 10.1. The van der Waals surface area contributed by atoms with E-state index in [1.165, 1.54) is 19.2 Å². The highest BCUT2D eigenvalue weighted by molar-refractivity contribution is 5.89. The van der Waals surface area contributed by atoms with Gasteiger partial charge in [0.05, 0.1) is 13.2 Å². The number of aromatic nitrogens is 1. The maximum Gasteiger partial charge on any atom is 0.355 e. The average Bonchev–Trinajstić information content (AvgIpc) is 2.80. The molecule has 1 aromatic heterocycles. The normalized spacial score (nSPS) is 12.1. The van der Waals surface area contributed by atoms with E-state index in [-0.39, 0.29) is 12.4 Å². The van der Waals surface area contributed by atoms with Crippen LogP contribution in [0.5, 0.6) is 5.75 Å². The number of methoxy groups -OCH3 is 1. The predicted octanol–water partition coefficient (Wildman–Crippen LogP) is 3.19. The van der Waals surface area contributed by atoms with Crippen molar-refractivity contribution in [3.63, 3.8) is 0 Å². The highest BCUT2D eigenvalue weighted by Gasteiger charge is 2.21. The van der Waals surface area contributed by atoms with Crippen LogP contribution in [0.15, 0.2) is 18.2 Å². The van der Waals surface area contributed by atoms with E-state index in [1.807, 2.05) is 0 Å². The maximum atomic E-state index is 13.6. The van der Waals surface area contributed by atoms with Gasteiger partial charge in [-0.3, -0.25) is 0 Å². The average molecular weight is 321 g/mol. The fourth-order valence-electron chi connectivity index (χ4n) is 2.62. The summed E-state index contributed by atoms with van der Waals surface area (Å²) in [6.07, 6.45) is -0.677. The van der Waals surface area contributed by atoms with E-state index in [2.05, 4.69) is 4.98 Å². The van der Waals surface area contributed by atoms with Crippen molar-refractivity contribution in [2.75, 3.05) is 7.11 Å². The Morgan fingerprint density at radius 3 is 2.61 bits per heavy atom. The Kier molecular flexibility index (Phi) is 5.05. The van der Waals surface area contributed by atoms with Crippen LogP contribution in [0, 0.1) is 19.7 Å². The summed E-state index contributed by atoms with van der Waals surface area (Å²) in [5.41, 5.74) is 2.89. The second-order valence-electron chi connectivity index (χ2n) is 5.38. The van der Waals surface area contributed by atoms with Crippen molar-refractivity contribution in [2.24, 2.45) is 0 Å². The Labute approximate surface area is 134 Å². The summed E-state index contributed by atoms with van der Waals surface area (Å²) in [6.45, 7) is 5.11. The van der Waals surface area contributed by atoms with E-state index in [4.69, 9.17) is 9.47 Å². The minimum absolute atomic E-state index is 0.0543. The van der Waals surface area contributed by atoms with Gasteiger partial charge in [-0.05, 0) is 44.0 Å². The summed E-state index contributed by atoms with van der Waals surface area (Å²) in [6, 6.07) is 4.37. The summed E-state index contributed by atoms with van der Waals surface area (Å²) < 4.78 is 23.7. The van der Waals surface area contributed by atoms with E-state index < -0.39 is 17.9 Å². The molecule has 2 aromatic rings. The number of nitrogens with one attached hydrogen (secondary N) is 1. The van der Waals surface area contributed by atoms with Crippen LogP contribution < -0.4 is 4.74 Å². The molecule has 0 fully saturated rings. The number of carbonyl (C=O) groups excluding carboxylic acids is 1. The highest BCUT2D eigenvalue weighted by Crippen LogP contribution is 2.25. The third-order valence-electron chi connectivity index (χ3n) is 3.70. The summed E-state index contributed by atoms with van der Waals surface area (Å²) in [5, 5.41) is 9.74. The first kappa shape index (κ1) is 17.0. The first-order valence-electron chi connectivity index (χ1n) is 7.21. The van der Waals surface area contributed by atoms with Gasteiger partial charge in [-0.15, -0.1) is 0 Å². The Hall–Kier alpha value is -2.34. The molecule has 0 radical (unpaired) electrons. The molecule has 1 atom stereocenters. The van der Waals surface area contributed by atoms with Gasteiger partial charge in [0.25, 0.3) is 0 Å². The Morgan fingerprint density at radius 2 is 2.09 bits per heavy atom. The minimum Gasteiger partial charge on any atom is -0.494 e. The van der Waals surface area contributed by atoms with Crippen LogP contribution in [0.2, 0.25) is 0 Å². The van der Waals surface area contributed by atoms with E-state index in [0.29, 0.717) is 22.4 Å². The molecule has 0 spiro atoms. The number of rotatable bonds is 5. The van der Waals surface area contributed by atoms with Gasteiger partial charge in [-0.2, -0.15) is 0 Å². The molecule has 1 heterocycles. The molecule has 0 aliphatic heterocycles. The molecule has 0 amide bonds. The van der Waals surface area contributed by atoms with Crippen molar-refractivity contribution in [1.29, 1.82) is 0 Å². The third kappa shape index (κ3) is 3.53. The number of hydrogen-bond donors (Lipinski definition) is 2. The van der Waals surface area contributed by atoms with E-state index >= 15 is 0 Å². The molecule has 0 bridgehead atoms. The number of aliphatic hydroxyl groups excluding tert-OH is 1. The second kappa shape index (κ2) is 6.83. The number of benzene rings is 1. The summed E-state index contributed by atoms with van der Waals surface area (Å²) in [4.78, 5) is 15.1. The number of carbonyl (C=O) groups is 1. The quantitative estimate of drug-likeness (QED) is 0.830. The number of ether oxygens (including phenoxy) is 2. The third-order valence-corrected chi connectivity index (χ3v) is 3.70. The first-order valence-corrected chi connectivity index (χ1v) is 7.21. The zero-order valence-electron chi connectivity index (χ0n) is 13.6. The Balaban J connectivity index is 2.11. The van der Waals surface area contributed by atoms with Crippen LogP contribution in [0.1, 0.15) is 45.9 Å².